The Kier molecular flexibility index (Phi) is 9.98. The molecule has 0 aromatic carbocycles. The third-order valence-electron chi connectivity index (χ3n) is 0.907. The second kappa shape index (κ2) is 8.09. The summed E-state index contributed by atoms with van der Waals surface area (Å²) in [6.07, 6.45) is -0.889. The fourth-order valence-electron chi connectivity index (χ4n) is 0.499. The Morgan fingerprint density at radius 1 is 1.36 bits per heavy atom. The predicted octanol–water partition coefficient (Wildman–Crippen LogP) is -0.212. The molecule has 5 heteroatoms. The number of hydrogen-bond acceptors (Lipinski definition) is 4. The van der Waals surface area contributed by atoms with Crippen LogP contribution in [0.15, 0.2) is 0 Å². The van der Waals surface area contributed by atoms with E-state index in [0.29, 0.717) is 6.61 Å². The first-order chi connectivity index (χ1) is 4.76. The Morgan fingerprint density at radius 3 is 2.09 bits per heavy atom. The molecule has 0 unspecified atom stereocenters. The van der Waals surface area contributed by atoms with Gasteiger partial charge >= 0.3 is 5.97 Å². The molecule has 0 N–H and O–H groups in total. The van der Waals surface area contributed by atoms with E-state index in [1.165, 1.54) is 14.2 Å². The molecule has 0 aliphatic heterocycles. The van der Waals surface area contributed by atoms with Gasteiger partial charge in [0, 0.05) is 33.1 Å². The third-order valence-corrected chi connectivity index (χ3v) is 0.907. The molecule has 0 fully saturated rings. The van der Waals surface area contributed by atoms with Crippen LogP contribution in [0.25, 0.3) is 0 Å². The Labute approximate surface area is 78.4 Å². The van der Waals surface area contributed by atoms with Gasteiger partial charge in [-0.05, 0) is 6.92 Å². The van der Waals surface area contributed by atoms with Crippen molar-refractivity contribution in [3.8, 4) is 0 Å². The first-order valence-electron chi connectivity index (χ1n) is 2.98. The summed E-state index contributed by atoms with van der Waals surface area (Å²) in [5.41, 5.74) is 0. The SMILES string of the molecule is CCOC(=O)C(OC)OC.[Li]. The van der Waals surface area contributed by atoms with E-state index < -0.39 is 12.3 Å². The third kappa shape index (κ3) is 5.28. The van der Waals surface area contributed by atoms with E-state index in [1.807, 2.05) is 0 Å². The minimum Gasteiger partial charge on any atom is -0.462 e. The first kappa shape index (κ1) is 13.6. The summed E-state index contributed by atoms with van der Waals surface area (Å²) in [6.45, 7) is 2.06. The predicted molar refractivity (Wildman–Crippen MR) is 40.2 cm³/mol. The van der Waals surface area contributed by atoms with E-state index in [1.54, 1.807) is 6.92 Å². The van der Waals surface area contributed by atoms with Gasteiger partial charge in [0.1, 0.15) is 0 Å². The molecule has 0 aliphatic rings. The topological polar surface area (TPSA) is 44.8 Å². The van der Waals surface area contributed by atoms with Crippen LogP contribution >= 0.6 is 0 Å². The summed E-state index contributed by atoms with van der Waals surface area (Å²) >= 11 is 0. The van der Waals surface area contributed by atoms with Crippen LogP contribution in [-0.2, 0) is 19.0 Å². The molecular weight excluding hydrogens is 143 g/mol. The summed E-state index contributed by atoms with van der Waals surface area (Å²) in [6, 6.07) is 0. The summed E-state index contributed by atoms with van der Waals surface area (Å²) in [5.74, 6) is -0.493. The Morgan fingerprint density at radius 2 is 1.82 bits per heavy atom. The molecule has 0 aliphatic carbocycles. The molecule has 4 nitrogen and oxygen atoms in total. The second-order valence-corrected chi connectivity index (χ2v) is 1.56. The molecule has 0 aromatic heterocycles. The number of esters is 1. The standard InChI is InChI=1S/C6H12O4.Li/c1-4-10-5(7)6(8-2)9-3;/h6H,4H2,1-3H3;. The van der Waals surface area contributed by atoms with Crippen molar-refractivity contribution < 1.29 is 19.0 Å². The minimum absolute atomic E-state index is 0. The molecule has 0 aromatic rings. The van der Waals surface area contributed by atoms with E-state index in [4.69, 9.17) is 0 Å². The molecule has 0 saturated heterocycles. The molecule has 0 heterocycles. The van der Waals surface area contributed by atoms with Crippen LogP contribution in [0.1, 0.15) is 6.92 Å². The maximum absolute atomic E-state index is 10.7. The van der Waals surface area contributed by atoms with Crippen LogP contribution in [0, 0.1) is 0 Å². The van der Waals surface area contributed by atoms with Gasteiger partial charge in [-0.1, -0.05) is 0 Å². The smallest absolute Gasteiger partial charge is 0.363 e. The van der Waals surface area contributed by atoms with Crippen LogP contribution < -0.4 is 0 Å². The van der Waals surface area contributed by atoms with E-state index >= 15 is 0 Å². The molecule has 0 saturated carbocycles. The van der Waals surface area contributed by atoms with Gasteiger partial charge in [-0.3, -0.25) is 0 Å². The van der Waals surface area contributed by atoms with Crippen molar-refractivity contribution >= 4 is 24.8 Å². The van der Waals surface area contributed by atoms with Gasteiger partial charge in [0.2, 0.25) is 0 Å². The van der Waals surface area contributed by atoms with E-state index in [0.717, 1.165) is 0 Å². The number of carbonyl (C=O) groups excluding carboxylic acids is 1. The van der Waals surface area contributed by atoms with Gasteiger partial charge in [-0.15, -0.1) is 0 Å². The number of rotatable bonds is 4. The fraction of sp³-hybridized carbons (Fsp3) is 0.833. The van der Waals surface area contributed by atoms with Crippen LogP contribution in [0.4, 0.5) is 0 Å². The van der Waals surface area contributed by atoms with E-state index in [2.05, 4.69) is 14.2 Å². The maximum Gasteiger partial charge on any atom is 0.363 e. The van der Waals surface area contributed by atoms with Crippen molar-refractivity contribution in [3.05, 3.63) is 0 Å². The maximum atomic E-state index is 10.7. The van der Waals surface area contributed by atoms with Gasteiger partial charge in [0.05, 0.1) is 6.61 Å². The van der Waals surface area contributed by atoms with Gasteiger partial charge in [-0.2, -0.15) is 0 Å². The largest absolute Gasteiger partial charge is 0.462 e. The van der Waals surface area contributed by atoms with Gasteiger partial charge in [0.25, 0.3) is 6.29 Å². The normalized spacial score (nSPS) is 9.09. The van der Waals surface area contributed by atoms with Crippen molar-refractivity contribution in [2.75, 3.05) is 20.8 Å². The molecule has 11 heavy (non-hydrogen) atoms. The molecule has 0 atom stereocenters. The fourth-order valence-corrected chi connectivity index (χ4v) is 0.499. The number of ether oxygens (including phenoxy) is 3. The molecular formula is C6H12LiO4. The number of methoxy groups -OCH3 is 2. The summed E-state index contributed by atoms with van der Waals surface area (Å²) < 4.78 is 13.8. The van der Waals surface area contributed by atoms with Gasteiger partial charge in [-0.25, -0.2) is 4.79 Å². The Hall–Kier alpha value is -0.0126. The summed E-state index contributed by atoms with van der Waals surface area (Å²) in [4.78, 5) is 10.7. The molecule has 0 amide bonds. The average Bonchev–Trinajstić information content (AvgIpc) is 1.91. The molecule has 61 valence electrons. The first-order valence-corrected chi connectivity index (χ1v) is 2.98. The van der Waals surface area contributed by atoms with Crippen molar-refractivity contribution in [1.29, 1.82) is 0 Å². The van der Waals surface area contributed by atoms with Crippen LogP contribution in [0.3, 0.4) is 0 Å². The molecule has 0 rings (SSSR count). The van der Waals surface area contributed by atoms with E-state index in [9.17, 15) is 4.79 Å². The van der Waals surface area contributed by atoms with Crippen LogP contribution in [0.2, 0.25) is 0 Å². The zero-order chi connectivity index (χ0) is 7.98. The van der Waals surface area contributed by atoms with Crippen molar-refractivity contribution in [3.63, 3.8) is 0 Å². The van der Waals surface area contributed by atoms with Crippen molar-refractivity contribution in [2.45, 2.75) is 13.2 Å². The zero-order valence-corrected chi connectivity index (χ0v) is 7.42. The van der Waals surface area contributed by atoms with Crippen molar-refractivity contribution in [2.24, 2.45) is 0 Å². The minimum atomic E-state index is -0.889. The van der Waals surface area contributed by atoms with Crippen LogP contribution in [0.5, 0.6) is 0 Å². The average molecular weight is 155 g/mol. The number of carbonyl (C=O) groups is 1. The monoisotopic (exact) mass is 155 g/mol. The van der Waals surface area contributed by atoms with Crippen LogP contribution in [-0.4, -0.2) is 51.9 Å². The number of hydrogen-bond donors (Lipinski definition) is 0. The quantitative estimate of drug-likeness (QED) is 0.320. The van der Waals surface area contributed by atoms with Gasteiger partial charge < -0.3 is 14.2 Å². The zero-order valence-electron chi connectivity index (χ0n) is 7.42. The molecule has 1 radical (unpaired) electrons. The van der Waals surface area contributed by atoms with Crippen molar-refractivity contribution in [1.82, 2.24) is 0 Å². The molecule has 0 spiro atoms. The van der Waals surface area contributed by atoms with E-state index in [-0.39, 0.29) is 18.9 Å². The summed E-state index contributed by atoms with van der Waals surface area (Å²) in [7, 11) is 2.76. The summed E-state index contributed by atoms with van der Waals surface area (Å²) in [5, 5.41) is 0. The molecule has 0 bridgehead atoms. The second-order valence-electron chi connectivity index (χ2n) is 1.56. The Balaban J connectivity index is 0. The van der Waals surface area contributed by atoms with Gasteiger partial charge in [0.15, 0.2) is 0 Å². The Bertz CT molecular complexity index is 103.